The summed E-state index contributed by atoms with van der Waals surface area (Å²) in [6.07, 6.45) is 2.10. The van der Waals surface area contributed by atoms with E-state index in [4.69, 9.17) is 9.84 Å². The SMILES string of the molecule is C=Cc1ccccc1C(=C)C(=O)OCCCO. The van der Waals surface area contributed by atoms with Crippen LogP contribution >= 0.6 is 0 Å². The summed E-state index contributed by atoms with van der Waals surface area (Å²) >= 11 is 0. The van der Waals surface area contributed by atoms with E-state index in [-0.39, 0.29) is 13.2 Å². The Hall–Kier alpha value is -1.87. The highest BCUT2D eigenvalue weighted by molar-refractivity contribution is 6.16. The number of ether oxygens (including phenoxy) is 1. The number of carbonyl (C=O) groups is 1. The zero-order valence-corrected chi connectivity index (χ0v) is 9.69. The van der Waals surface area contributed by atoms with Crippen molar-refractivity contribution in [2.24, 2.45) is 0 Å². The second-order valence-corrected chi connectivity index (χ2v) is 3.48. The monoisotopic (exact) mass is 232 g/mol. The average Bonchev–Trinajstić information content (AvgIpc) is 2.38. The molecular weight excluding hydrogens is 216 g/mol. The Morgan fingerprint density at radius 3 is 2.76 bits per heavy atom. The number of rotatable bonds is 6. The Morgan fingerprint density at radius 2 is 2.12 bits per heavy atom. The molecule has 0 aliphatic carbocycles. The molecule has 0 amide bonds. The Labute approximate surface area is 101 Å². The molecule has 0 aliphatic heterocycles. The van der Waals surface area contributed by atoms with Gasteiger partial charge in [0.25, 0.3) is 0 Å². The van der Waals surface area contributed by atoms with Crippen LogP contribution < -0.4 is 0 Å². The third-order valence-electron chi connectivity index (χ3n) is 2.29. The minimum atomic E-state index is -0.465. The molecule has 0 aromatic heterocycles. The van der Waals surface area contributed by atoms with Crippen LogP contribution in [0.4, 0.5) is 0 Å². The van der Waals surface area contributed by atoms with E-state index in [9.17, 15) is 4.79 Å². The van der Waals surface area contributed by atoms with E-state index in [1.807, 2.05) is 18.2 Å². The summed E-state index contributed by atoms with van der Waals surface area (Å²) in [5.74, 6) is -0.465. The van der Waals surface area contributed by atoms with Gasteiger partial charge in [-0.2, -0.15) is 0 Å². The first kappa shape index (κ1) is 13.2. The van der Waals surface area contributed by atoms with Gasteiger partial charge in [0.05, 0.1) is 12.2 Å². The fourth-order valence-corrected chi connectivity index (χ4v) is 1.38. The molecule has 1 aromatic carbocycles. The lowest BCUT2D eigenvalue weighted by atomic mass is 10.0. The number of hydrogen-bond donors (Lipinski definition) is 1. The van der Waals surface area contributed by atoms with Gasteiger partial charge in [0, 0.05) is 13.0 Å². The molecule has 1 N–H and O–H groups in total. The first-order chi connectivity index (χ1) is 8.20. The normalized spacial score (nSPS) is 9.71. The molecule has 0 fully saturated rings. The van der Waals surface area contributed by atoms with Crippen LogP contribution in [0.3, 0.4) is 0 Å². The Bertz CT molecular complexity index is 421. The number of carbonyl (C=O) groups excluding carboxylic acids is 1. The Kier molecular flexibility index (Phi) is 5.17. The molecule has 3 heteroatoms. The number of aliphatic hydroxyl groups excluding tert-OH is 1. The van der Waals surface area contributed by atoms with Crippen molar-refractivity contribution in [1.29, 1.82) is 0 Å². The maximum absolute atomic E-state index is 11.6. The molecule has 3 nitrogen and oxygen atoms in total. The van der Waals surface area contributed by atoms with Crippen LogP contribution in [0.15, 0.2) is 37.4 Å². The third-order valence-corrected chi connectivity index (χ3v) is 2.29. The van der Waals surface area contributed by atoms with Crippen LogP contribution in [0.1, 0.15) is 17.5 Å². The molecule has 0 spiro atoms. The number of hydrogen-bond acceptors (Lipinski definition) is 3. The summed E-state index contributed by atoms with van der Waals surface area (Å²) in [5.41, 5.74) is 1.87. The number of benzene rings is 1. The van der Waals surface area contributed by atoms with Crippen molar-refractivity contribution in [1.82, 2.24) is 0 Å². The fourth-order valence-electron chi connectivity index (χ4n) is 1.38. The summed E-state index contributed by atoms with van der Waals surface area (Å²) in [7, 11) is 0. The van der Waals surface area contributed by atoms with Gasteiger partial charge in [-0.05, 0) is 11.1 Å². The van der Waals surface area contributed by atoms with Crippen LogP contribution in [0, 0.1) is 0 Å². The van der Waals surface area contributed by atoms with Gasteiger partial charge >= 0.3 is 5.97 Å². The van der Waals surface area contributed by atoms with E-state index in [1.165, 1.54) is 0 Å². The first-order valence-corrected chi connectivity index (χ1v) is 5.39. The highest BCUT2D eigenvalue weighted by Crippen LogP contribution is 2.19. The van der Waals surface area contributed by atoms with Crippen LogP contribution in [0.25, 0.3) is 11.6 Å². The summed E-state index contributed by atoms with van der Waals surface area (Å²) < 4.78 is 4.97. The number of esters is 1. The highest BCUT2D eigenvalue weighted by Gasteiger charge is 2.12. The molecule has 1 aromatic rings. The second-order valence-electron chi connectivity index (χ2n) is 3.48. The van der Waals surface area contributed by atoms with Gasteiger partial charge in [-0.3, -0.25) is 0 Å². The van der Waals surface area contributed by atoms with E-state index < -0.39 is 5.97 Å². The maximum atomic E-state index is 11.6. The molecular formula is C14H16O3. The smallest absolute Gasteiger partial charge is 0.338 e. The van der Waals surface area contributed by atoms with Crippen LogP contribution in [0.2, 0.25) is 0 Å². The molecule has 1 rings (SSSR count). The molecule has 90 valence electrons. The van der Waals surface area contributed by atoms with Crippen LogP contribution in [-0.4, -0.2) is 24.3 Å². The van der Waals surface area contributed by atoms with E-state index in [0.29, 0.717) is 12.0 Å². The fraction of sp³-hybridized carbons (Fsp3) is 0.214. The number of aliphatic hydroxyl groups is 1. The molecule has 0 heterocycles. The predicted molar refractivity (Wildman–Crippen MR) is 68.2 cm³/mol. The van der Waals surface area contributed by atoms with Crippen molar-refractivity contribution < 1.29 is 14.6 Å². The summed E-state index contributed by atoms with van der Waals surface area (Å²) in [6, 6.07) is 7.35. The lowest BCUT2D eigenvalue weighted by molar-refractivity contribution is -0.136. The highest BCUT2D eigenvalue weighted by atomic mass is 16.5. The largest absolute Gasteiger partial charge is 0.462 e. The maximum Gasteiger partial charge on any atom is 0.338 e. The van der Waals surface area contributed by atoms with Crippen molar-refractivity contribution >= 4 is 17.6 Å². The predicted octanol–water partition coefficient (Wildman–Crippen LogP) is 2.27. The van der Waals surface area contributed by atoms with Gasteiger partial charge < -0.3 is 9.84 Å². The molecule has 0 saturated carbocycles. The van der Waals surface area contributed by atoms with Crippen molar-refractivity contribution in [2.75, 3.05) is 13.2 Å². The Balaban J connectivity index is 2.75. The molecule has 0 unspecified atom stereocenters. The van der Waals surface area contributed by atoms with Gasteiger partial charge in [0.2, 0.25) is 0 Å². The topological polar surface area (TPSA) is 46.5 Å². The van der Waals surface area contributed by atoms with Gasteiger partial charge in [0.1, 0.15) is 0 Å². The van der Waals surface area contributed by atoms with Gasteiger partial charge in [-0.15, -0.1) is 0 Å². The summed E-state index contributed by atoms with van der Waals surface area (Å²) in [6.45, 7) is 7.61. The molecule has 17 heavy (non-hydrogen) atoms. The standard InChI is InChI=1S/C14H16O3/c1-3-12-7-4-5-8-13(12)11(2)14(16)17-10-6-9-15/h3-5,7-8,15H,1-2,6,9-10H2. The van der Waals surface area contributed by atoms with Crippen molar-refractivity contribution in [2.45, 2.75) is 6.42 Å². The van der Waals surface area contributed by atoms with Gasteiger partial charge in [0.15, 0.2) is 0 Å². The molecule has 0 radical (unpaired) electrons. The van der Waals surface area contributed by atoms with Gasteiger partial charge in [-0.1, -0.05) is 43.5 Å². The molecule has 0 bridgehead atoms. The second kappa shape index (κ2) is 6.66. The van der Waals surface area contributed by atoms with E-state index >= 15 is 0 Å². The average molecular weight is 232 g/mol. The van der Waals surface area contributed by atoms with E-state index in [0.717, 1.165) is 11.1 Å². The van der Waals surface area contributed by atoms with E-state index in [2.05, 4.69) is 13.2 Å². The van der Waals surface area contributed by atoms with Crippen molar-refractivity contribution in [3.05, 3.63) is 48.6 Å². The lowest BCUT2D eigenvalue weighted by Crippen LogP contribution is -2.09. The first-order valence-electron chi connectivity index (χ1n) is 5.39. The lowest BCUT2D eigenvalue weighted by Gasteiger charge is -2.09. The Morgan fingerprint density at radius 1 is 1.41 bits per heavy atom. The quantitative estimate of drug-likeness (QED) is 0.465. The van der Waals surface area contributed by atoms with Crippen LogP contribution in [0.5, 0.6) is 0 Å². The van der Waals surface area contributed by atoms with Crippen molar-refractivity contribution in [3.8, 4) is 0 Å². The third kappa shape index (κ3) is 3.57. The molecule has 0 aliphatic rings. The van der Waals surface area contributed by atoms with E-state index in [1.54, 1.807) is 12.1 Å². The molecule has 0 atom stereocenters. The summed E-state index contributed by atoms with van der Waals surface area (Å²) in [5, 5.41) is 8.59. The van der Waals surface area contributed by atoms with Crippen LogP contribution in [-0.2, 0) is 9.53 Å². The van der Waals surface area contributed by atoms with Crippen molar-refractivity contribution in [3.63, 3.8) is 0 Å². The minimum Gasteiger partial charge on any atom is -0.462 e. The zero-order chi connectivity index (χ0) is 12.7. The zero-order valence-electron chi connectivity index (χ0n) is 9.69. The minimum absolute atomic E-state index is 0.00298. The molecule has 0 saturated heterocycles. The summed E-state index contributed by atoms with van der Waals surface area (Å²) in [4.78, 5) is 11.6. The van der Waals surface area contributed by atoms with Gasteiger partial charge in [-0.25, -0.2) is 4.79 Å².